The minimum Gasteiger partial charge on any atom is -0.496 e. The van der Waals surface area contributed by atoms with Gasteiger partial charge in [0.1, 0.15) is 5.75 Å². The average molecular weight is 210 g/mol. The molecule has 0 amide bonds. The molecule has 0 heterocycles. The first-order chi connectivity index (χ1) is 7.27. The van der Waals surface area contributed by atoms with Gasteiger partial charge in [-0.1, -0.05) is 46.8 Å². The lowest BCUT2D eigenvalue weighted by molar-refractivity contribution is 0.411. The number of aryl methyl sites for hydroxylation is 2. The second kappa shape index (κ2) is 11.1. The zero-order valence-corrected chi connectivity index (χ0v) is 11.3. The first-order valence-electron chi connectivity index (χ1n) is 5.91. The normalized spacial score (nSPS) is 7.93. The Morgan fingerprint density at radius 2 is 1.60 bits per heavy atom. The lowest BCUT2D eigenvalue weighted by Crippen LogP contribution is -1.88. The average Bonchev–Trinajstić information content (AvgIpc) is 2.35. The quantitative estimate of drug-likeness (QED) is 0.692. The highest BCUT2D eigenvalue weighted by Gasteiger charge is 1.97. The summed E-state index contributed by atoms with van der Waals surface area (Å²) in [6.45, 7) is 12.2. The van der Waals surface area contributed by atoms with Crippen LogP contribution in [0, 0.1) is 6.92 Å². The van der Waals surface area contributed by atoms with E-state index in [1.807, 2.05) is 27.7 Å². The Balaban J connectivity index is 0. The van der Waals surface area contributed by atoms with E-state index in [1.165, 1.54) is 11.1 Å². The van der Waals surface area contributed by atoms with Crippen LogP contribution in [0.5, 0.6) is 5.75 Å². The predicted molar refractivity (Wildman–Crippen MR) is 69.8 cm³/mol. The molecule has 0 radical (unpaired) electrons. The molecule has 1 aromatic rings. The summed E-state index contributed by atoms with van der Waals surface area (Å²) >= 11 is 0. The van der Waals surface area contributed by atoms with Crippen LogP contribution in [0.4, 0.5) is 0 Å². The van der Waals surface area contributed by atoms with Crippen LogP contribution >= 0.6 is 0 Å². The maximum Gasteiger partial charge on any atom is 0.122 e. The van der Waals surface area contributed by atoms with E-state index >= 15 is 0 Å². The van der Waals surface area contributed by atoms with Gasteiger partial charge in [0, 0.05) is 0 Å². The molecule has 0 aromatic heterocycles. The number of rotatable bonds is 2. The fourth-order valence-corrected chi connectivity index (χ4v) is 1.08. The smallest absolute Gasteiger partial charge is 0.122 e. The van der Waals surface area contributed by atoms with Crippen molar-refractivity contribution in [1.82, 2.24) is 0 Å². The van der Waals surface area contributed by atoms with Crippen molar-refractivity contribution < 1.29 is 4.74 Å². The van der Waals surface area contributed by atoms with Gasteiger partial charge in [-0.3, -0.25) is 0 Å². The number of hydrogen-bond acceptors (Lipinski definition) is 1. The molecule has 0 atom stereocenters. The molecule has 0 fully saturated rings. The Morgan fingerprint density at radius 3 is 2.00 bits per heavy atom. The Labute approximate surface area is 95.5 Å². The summed E-state index contributed by atoms with van der Waals surface area (Å²) in [5, 5.41) is 0. The maximum absolute atomic E-state index is 5.19. The molecule has 1 nitrogen and oxygen atoms in total. The largest absolute Gasteiger partial charge is 0.496 e. The Kier molecular flexibility index (Phi) is 12.2. The van der Waals surface area contributed by atoms with Crippen LogP contribution in [-0.4, -0.2) is 7.11 Å². The van der Waals surface area contributed by atoms with Crippen LogP contribution < -0.4 is 4.74 Å². The fraction of sp³-hybridized carbons (Fsp3) is 0.571. The lowest BCUT2D eigenvalue weighted by Gasteiger charge is -2.05. The van der Waals surface area contributed by atoms with E-state index in [4.69, 9.17) is 4.74 Å². The number of methoxy groups -OCH3 is 1. The molecule has 0 saturated heterocycles. The SMILES string of the molecule is CC.CC.CCc1ccc(C)c(OC)c1. The number of hydrogen-bond donors (Lipinski definition) is 0. The van der Waals surface area contributed by atoms with Crippen molar-refractivity contribution >= 4 is 0 Å². The highest BCUT2D eigenvalue weighted by Crippen LogP contribution is 2.18. The molecule has 0 saturated carbocycles. The van der Waals surface area contributed by atoms with Gasteiger partial charge in [0.15, 0.2) is 0 Å². The Hall–Kier alpha value is -0.980. The van der Waals surface area contributed by atoms with Crippen molar-refractivity contribution in [3.63, 3.8) is 0 Å². The minimum atomic E-state index is 0.990. The highest BCUT2D eigenvalue weighted by atomic mass is 16.5. The third kappa shape index (κ3) is 6.16. The van der Waals surface area contributed by atoms with Crippen molar-refractivity contribution in [2.75, 3.05) is 7.11 Å². The molecule has 88 valence electrons. The summed E-state index contributed by atoms with van der Waals surface area (Å²) in [6, 6.07) is 6.32. The first-order valence-corrected chi connectivity index (χ1v) is 5.91. The van der Waals surface area contributed by atoms with Crippen LogP contribution in [0.25, 0.3) is 0 Å². The Morgan fingerprint density at radius 1 is 1.07 bits per heavy atom. The summed E-state index contributed by atoms with van der Waals surface area (Å²) < 4.78 is 5.19. The van der Waals surface area contributed by atoms with E-state index < -0.39 is 0 Å². The third-order valence-corrected chi connectivity index (χ3v) is 1.88. The molecule has 0 aliphatic rings. The van der Waals surface area contributed by atoms with Crippen molar-refractivity contribution in [2.45, 2.75) is 48.0 Å². The molecule has 1 heteroatoms. The van der Waals surface area contributed by atoms with E-state index in [9.17, 15) is 0 Å². The van der Waals surface area contributed by atoms with Gasteiger partial charge < -0.3 is 4.74 Å². The van der Waals surface area contributed by atoms with Gasteiger partial charge in [0.05, 0.1) is 7.11 Å². The maximum atomic E-state index is 5.19. The zero-order valence-electron chi connectivity index (χ0n) is 11.3. The molecule has 15 heavy (non-hydrogen) atoms. The van der Waals surface area contributed by atoms with E-state index in [1.54, 1.807) is 7.11 Å². The molecule has 1 aromatic carbocycles. The van der Waals surface area contributed by atoms with Crippen LogP contribution in [0.2, 0.25) is 0 Å². The van der Waals surface area contributed by atoms with Gasteiger partial charge in [-0.2, -0.15) is 0 Å². The molecule has 0 unspecified atom stereocenters. The van der Waals surface area contributed by atoms with Gasteiger partial charge in [-0.05, 0) is 30.5 Å². The summed E-state index contributed by atoms with van der Waals surface area (Å²) in [4.78, 5) is 0. The van der Waals surface area contributed by atoms with E-state index in [0.717, 1.165) is 12.2 Å². The Bertz CT molecular complexity index is 241. The van der Waals surface area contributed by atoms with Crippen LogP contribution in [0.1, 0.15) is 45.7 Å². The van der Waals surface area contributed by atoms with Crippen molar-refractivity contribution in [3.8, 4) is 5.75 Å². The van der Waals surface area contributed by atoms with E-state index in [0.29, 0.717) is 0 Å². The standard InChI is InChI=1S/C10H14O.2C2H6/c1-4-9-6-5-8(2)10(7-9)11-3;2*1-2/h5-7H,4H2,1-3H3;2*1-2H3. The molecule has 0 spiro atoms. The molecule has 1 rings (SSSR count). The van der Waals surface area contributed by atoms with Crippen molar-refractivity contribution in [1.29, 1.82) is 0 Å². The fourth-order valence-electron chi connectivity index (χ4n) is 1.08. The number of benzene rings is 1. The van der Waals surface area contributed by atoms with Gasteiger partial charge in [-0.25, -0.2) is 0 Å². The second-order valence-electron chi connectivity index (χ2n) is 2.66. The minimum absolute atomic E-state index is 0.990. The van der Waals surface area contributed by atoms with E-state index in [-0.39, 0.29) is 0 Å². The molecule has 0 aliphatic heterocycles. The summed E-state index contributed by atoms with van der Waals surface area (Å²) in [5.41, 5.74) is 2.53. The van der Waals surface area contributed by atoms with Gasteiger partial charge in [0.25, 0.3) is 0 Å². The highest BCUT2D eigenvalue weighted by molar-refractivity contribution is 5.36. The predicted octanol–water partition coefficient (Wildman–Crippen LogP) is 4.62. The van der Waals surface area contributed by atoms with Crippen molar-refractivity contribution in [2.24, 2.45) is 0 Å². The third-order valence-electron chi connectivity index (χ3n) is 1.88. The van der Waals surface area contributed by atoms with Gasteiger partial charge in [0.2, 0.25) is 0 Å². The molecule has 0 aliphatic carbocycles. The van der Waals surface area contributed by atoms with Crippen molar-refractivity contribution in [3.05, 3.63) is 29.3 Å². The molecule has 0 N–H and O–H groups in total. The molecular weight excluding hydrogens is 184 g/mol. The molecule has 0 bridgehead atoms. The topological polar surface area (TPSA) is 9.23 Å². The number of ether oxygens (including phenoxy) is 1. The van der Waals surface area contributed by atoms with Gasteiger partial charge >= 0.3 is 0 Å². The first kappa shape index (κ1) is 16.4. The summed E-state index contributed by atoms with van der Waals surface area (Å²) in [7, 11) is 1.71. The molecular formula is C14H26O. The zero-order chi connectivity index (χ0) is 12.3. The van der Waals surface area contributed by atoms with Gasteiger partial charge in [-0.15, -0.1) is 0 Å². The summed E-state index contributed by atoms with van der Waals surface area (Å²) in [6.07, 6.45) is 1.07. The van der Waals surface area contributed by atoms with E-state index in [2.05, 4.69) is 32.0 Å². The lowest BCUT2D eigenvalue weighted by atomic mass is 10.1. The van der Waals surface area contributed by atoms with Crippen LogP contribution in [-0.2, 0) is 6.42 Å². The summed E-state index contributed by atoms with van der Waals surface area (Å²) in [5.74, 6) is 0.990. The monoisotopic (exact) mass is 210 g/mol. The second-order valence-corrected chi connectivity index (χ2v) is 2.66. The van der Waals surface area contributed by atoms with Crippen LogP contribution in [0.15, 0.2) is 18.2 Å². The van der Waals surface area contributed by atoms with Crippen LogP contribution in [0.3, 0.4) is 0 Å².